The van der Waals surface area contributed by atoms with E-state index in [1.807, 2.05) is 0 Å². The van der Waals surface area contributed by atoms with Crippen LogP contribution in [0, 0.1) is 0 Å². The van der Waals surface area contributed by atoms with E-state index in [1.54, 1.807) is 0 Å². The minimum atomic E-state index is -1.31. The topological polar surface area (TPSA) is 203 Å². The summed E-state index contributed by atoms with van der Waals surface area (Å²) in [5.41, 5.74) is 22.8. The molecule has 1 aliphatic carbocycles. The lowest BCUT2D eigenvalue weighted by Crippen LogP contribution is -2.67. The summed E-state index contributed by atoms with van der Waals surface area (Å²) in [5, 5.41) is 39.6. The maximum absolute atomic E-state index is 10.1. The minimum Gasteiger partial charge on any atom is -0.389 e. The Kier molecular flexibility index (Phi) is 5.72. The van der Waals surface area contributed by atoms with Gasteiger partial charge in [0.2, 0.25) is 0 Å². The lowest BCUT2D eigenvalue weighted by molar-refractivity contribution is -0.287. The molecule has 22 heavy (non-hydrogen) atoms. The van der Waals surface area contributed by atoms with Crippen LogP contribution in [0.1, 0.15) is 6.42 Å². The van der Waals surface area contributed by atoms with E-state index in [0.717, 1.165) is 0 Å². The van der Waals surface area contributed by atoms with Crippen molar-refractivity contribution in [1.82, 2.24) is 0 Å². The third-order valence-electron chi connectivity index (χ3n) is 4.36. The van der Waals surface area contributed by atoms with Crippen molar-refractivity contribution in [3.8, 4) is 0 Å². The predicted octanol–water partition coefficient (Wildman–Crippen LogP) is -5.12. The van der Waals surface area contributed by atoms with Crippen LogP contribution in [0.3, 0.4) is 0 Å². The van der Waals surface area contributed by atoms with Gasteiger partial charge in [0.15, 0.2) is 6.29 Å². The molecule has 0 amide bonds. The molecule has 12 N–H and O–H groups in total. The molecule has 2 rings (SSSR count). The number of nitrogens with two attached hydrogens (primary N) is 4. The standard InChI is InChI=1S/C12H26N4O6/c13-2-5-8(18)9(19)6(16)12(21-5)22-11-4(15)1-3(14)7(17)10(11)20/h3-12,17-20H,1-2,13-16H2/t3-,4-,5+,6+,7-,8+,9+,10+,11+,12+/m0/s1. The van der Waals surface area contributed by atoms with Crippen molar-refractivity contribution in [2.24, 2.45) is 22.9 Å². The number of hydrogen-bond donors (Lipinski definition) is 8. The van der Waals surface area contributed by atoms with Gasteiger partial charge in [0.05, 0.1) is 12.1 Å². The molecule has 0 spiro atoms. The molecule has 10 atom stereocenters. The quantitative estimate of drug-likeness (QED) is 0.248. The van der Waals surface area contributed by atoms with Gasteiger partial charge in [0.1, 0.15) is 30.5 Å². The molecular weight excluding hydrogens is 296 g/mol. The van der Waals surface area contributed by atoms with E-state index in [4.69, 9.17) is 32.4 Å². The highest BCUT2D eigenvalue weighted by Crippen LogP contribution is 2.26. The Morgan fingerprint density at radius 1 is 0.909 bits per heavy atom. The number of ether oxygens (including phenoxy) is 2. The monoisotopic (exact) mass is 322 g/mol. The second-order valence-electron chi connectivity index (χ2n) is 5.98. The van der Waals surface area contributed by atoms with Gasteiger partial charge in [-0.15, -0.1) is 0 Å². The summed E-state index contributed by atoms with van der Waals surface area (Å²) in [6, 6.07) is -2.34. The van der Waals surface area contributed by atoms with Crippen LogP contribution in [-0.2, 0) is 9.47 Å². The van der Waals surface area contributed by atoms with Gasteiger partial charge >= 0.3 is 0 Å². The van der Waals surface area contributed by atoms with Crippen LogP contribution in [0.15, 0.2) is 0 Å². The van der Waals surface area contributed by atoms with Crippen LogP contribution in [0.4, 0.5) is 0 Å². The molecule has 0 bridgehead atoms. The maximum atomic E-state index is 10.1. The van der Waals surface area contributed by atoms with Crippen molar-refractivity contribution in [3.05, 3.63) is 0 Å². The first-order chi connectivity index (χ1) is 10.3. The summed E-state index contributed by atoms with van der Waals surface area (Å²) in [6.45, 7) is -0.0441. The van der Waals surface area contributed by atoms with Crippen LogP contribution in [0.2, 0.25) is 0 Å². The predicted molar refractivity (Wildman–Crippen MR) is 75.2 cm³/mol. The van der Waals surface area contributed by atoms with E-state index < -0.39 is 61.0 Å². The Morgan fingerprint density at radius 3 is 2.14 bits per heavy atom. The summed E-state index contributed by atoms with van der Waals surface area (Å²) in [6.07, 6.45) is -7.73. The van der Waals surface area contributed by atoms with Crippen LogP contribution < -0.4 is 22.9 Å². The van der Waals surface area contributed by atoms with Crippen LogP contribution in [0.25, 0.3) is 0 Å². The van der Waals surface area contributed by atoms with E-state index in [1.165, 1.54) is 0 Å². The van der Waals surface area contributed by atoms with Gasteiger partial charge in [-0.2, -0.15) is 0 Å². The summed E-state index contributed by atoms with van der Waals surface area (Å²) >= 11 is 0. The molecular formula is C12H26N4O6. The van der Waals surface area contributed by atoms with Gasteiger partial charge < -0.3 is 52.8 Å². The highest BCUT2D eigenvalue weighted by atomic mass is 16.7. The van der Waals surface area contributed by atoms with E-state index >= 15 is 0 Å². The molecule has 0 aromatic heterocycles. The molecule has 130 valence electrons. The molecule has 1 saturated heterocycles. The molecule has 10 heteroatoms. The van der Waals surface area contributed by atoms with Crippen LogP contribution in [0.5, 0.6) is 0 Å². The highest BCUT2D eigenvalue weighted by molar-refractivity contribution is 4.99. The van der Waals surface area contributed by atoms with E-state index in [9.17, 15) is 20.4 Å². The molecule has 1 heterocycles. The van der Waals surface area contributed by atoms with Crippen molar-refractivity contribution in [2.75, 3.05) is 6.54 Å². The molecule has 0 unspecified atom stereocenters. The van der Waals surface area contributed by atoms with Gasteiger partial charge in [-0.1, -0.05) is 0 Å². The van der Waals surface area contributed by atoms with Crippen molar-refractivity contribution in [1.29, 1.82) is 0 Å². The average Bonchev–Trinajstić information content (AvgIpc) is 2.49. The zero-order valence-electron chi connectivity index (χ0n) is 12.1. The Morgan fingerprint density at radius 2 is 1.55 bits per heavy atom. The van der Waals surface area contributed by atoms with Gasteiger partial charge in [-0.25, -0.2) is 0 Å². The lowest BCUT2D eigenvalue weighted by Gasteiger charge is -2.45. The largest absolute Gasteiger partial charge is 0.389 e. The molecule has 2 aliphatic rings. The van der Waals surface area contributed by atoms with Gasteiger partial charge in [0, 0.05) is 18.6 Å². The van der Waals surface area contributed by atoms with Crippen molar-refractivity contribution in [2.45, 2.75) is 67.5 Å². The number of aliphatic hydroxyl groups is 4. The van der Waals surface area contributed by atoms with Crippen LogP contribution >= 0.6 is 0 Å². The minimum absolute atomic E-state index is 0.0441. The third kappa shape index (κ3) is 3.26. The Bertz CT molecular complexity index is 376. The molecule has 10 nitrogen and oxygen atoms in total. The summed E-state index contributed by atoms with van der Waals surface area (Å²) in [4.78, 5) is 0. The average molecular weight is 322 g/mol. The molecule has 1 aliphatic heterocycles. The second-order valence-corrected chi connectivity index (χ2v) is 5.98. The van der Waals surface area contributed by atoms with Gasteiger partial charge in [0.25, 0.3) is 0 Å². The third-order valence-corrected chi connectivity index (χ3v) is 4.36. The number of rotatable bonds is 3. The summed E-state index contributed by atoms with van der Waals surface area (Å²) < 4.78 is 11.0. The van der Waals surface area contributed by atoms with E-state index in [0.29, 0.717) is 0 Å². The normalized spacial score (nSPS) is 53.5. The first kappa shape index (κ1) is 17.9. The maximum Gasteiger partial charge on any atom is 0.176 e. The molecule has 0 aromatic rings. The molecule has 2 fully saturated rings. The number of aliphatic hydroxyl groups excluding tert-OH is 4. The summed E-state index contributed by atoms with van der Waals surface area (Å²) in [7, 11) is 0. The Labute approximate surface area is 128 Å². The molecule has 0 aromatic carbocycles. The lowest BCUT2D eigenvalue weighted by atomic mass is 9.84. The fourth-order valence-electron chi connectivity index (χ4n) is 2.89. The first-order valence-corrected chi connectivity index (χ1v) is 7.28. The Hall–Kier alpha value is -0.400. The first-order valence-electron chi connectivity index (χ1n) is 7.28. The van der Waals surface area contributed by atoms with Crippen molar-refractivity contribution < 1.29 is 29.9 Å². The fraction of sp³-hybridized carbons (Fsp3) is 1.00. The van der Waals surface area contributed by atoms with E-state index in [-0.39, 0.29) is 13.0 Å². The Balaban J connectivity index is 2.08. The fourth-order valence-corrected chi connectivity index (χ4v) is 2.89. The SMILES string of the molecule is NC[C@H]1O[C@H](O[C@H]2[C@H](O)[C@@H](O)[C@@H](N)C[C@@H]2N)[C@H](N)[C@@H](O)[C@@H]1O. The summed E-state index contributed by atoms with van der Waals surface area (Å²) in [5.74, 6) is 0. The van der Waals surface area contributed by atoms with Crippen molar-refractivity contribution >= 4 is 0 Å². The molecule has 0 radical (unpaired) electrons. The van der Waals surface area contributed by atoms with Gasteiger partial charge in [-0.3, -0.25) is 0 Å². The number of hydrogen-bond acceptors (Lipinski definition) is 10. The zero-order valence-corrected chi connectivity index (χ0v) is 12.1. The highest BCUT2D eigenvalue weighted by Gasteiger charge is 2.47. The van der Waals surface area contributed by atoms with Crippen LogP contribution in [-0.4, -0.2) is 88.0 Å². The zero-order chi connectivity index (χ0) is 16.6. The van der Waals surface area contributed by atoms with E-state index in [2.05, 4.69) is 0 Å². The van der Waals surface area contributed by atoms with Gasteiger partial charge in [-0.05, 0) is 6.42 Å². The molecule has 1 saturated carbocycles. The second kappa shape index (κ2) is 7.01. The van der Waals surface area contributed by atoms with Crippen molar-refractivity contribution in [3.63, 3.8) is 0 Å². The smallest absolute Gasteiger partial charge is 0.176 e.